The van der Waals surface area contributed by atoms with E-state index in [2.05, 4.69) is 43.7 Å². The minimum absolute atomic E-state index is 0.383. The molecule has 1 heterocycles. The Balaban J connectivity index is 1.99. The summed E-state index contributed by atoms with van der Waals surface area (Å²) in [6, 6.07) is 14.5. The highest BCUT2D eigenvalue weighted by molar-refractivity contribution is 6.35. The summed E-state index contributed by atoms with van der Waals surface area (Å²) >= 11 is 6.42. The summed E-state index contributed by atoms with van der Waals surface area (Å²) in [7, 11) is 0. The third kappa shape index (κ3) is 2.71. The molecule has 0 fully saturated rings. The van der Waals surface area contributed by atoms with E-state index in [-0.39, 0.29) is 0 Å². The molecule has 0 bridgehead atoms. The summed E-state index contributed by atoms with van der Waals surface area (Å²) in [6.07, 6.45) is 2.15. The van der Waals surface area contributed by atoms with Gasteiger partial charge in [-0.05, 0) is 44.5 Å². The lowest BCUT2D eigenvalue weighted by atomic mass is 10.2. The molecule has 0 amide bonds. The van der Waals surface area contributed by atoms with Gasteiger partial charge in [0.05, 0.1) is 10.5 Å². The fourth-order valence-electron chi connectivity index (χ4n) is 2.76. The number of ether oxygens (including phenoxy) is 1. The topological polar surface area (TPSA) is 14.2 Å². The average Bonchev–Trinajstić information content (AvgIpc) is 2.87. The van der Waals surface area contributed by atoms with Crippen LogP contribution in [-0.2, 0) is 6.61 Å². The van der Waals surface area contributed by atoms with Crippen molar-refractivity contribution in [3.63, 3.8) is 0 Å². The number of aryl methyl sites for hydroxylation is 1. The second-order valence-corrected chi connectivity index (χ2v) is 6.25. The van der Waals surface area contributed by atoms with E-state index in [9.17, 15) is 0 Å². The Bertz CT molecular complexity index is 804. The average molecular weight is 314 g/mol. The highest BCUT2D eigenvalue weighted by Crippen LogP contribution is 2.31. The highest BCUT2D eigenvalue weighted by Gasteiger charge is 2.14. The number of benzene rings is 2. The van der Waals surface area contributed by atoms with Crippen molar-refractivity contribution in [3.05, 3.63) is 64.8 Å². The number of halogens is 1. The van der Waals surface area contributed by atoms with Gasteiger partial charge >= 0.3 is 0 Å². The molecule has 2 aromatic carbocycles. The Morgan fingerprint density at radius 3 is 2.59 bits per heavy atom. The maximum absolute atomic E-state index is 6.42. The maximum Gasteiger partial charge on any atom is 0.122 e. The number of hydrogen-bond acceptors (Lipinski definition) is 1. The van der Waals surface area contributed by atoms with Crippen molar-refractivity contribution in [3.8, 4) is 5.75 Å². The number of hydrogen-bond donors (Lipinski definition) is 0. The number of aromatic nitrogens is 1. The van der Waals surface area contributed by atoms with E-state index in [1.807, 2.05) is 30.3 Å². The zero-order valence-corrected chi connectivity index (χ0v) is 13.9. The Morgan fingerprint density at radius 1 is 1.09 bits per heavy atom. The fourth-order valence-corrected chi connectivity index (χ4v) is 3.05. The first-order valence-corrected chi connectivity index (χ1v) is 7.92. The van der Waals surface area contributed by atoms with Crippen molar-refractivity contribution >= 4 is 22.5 Å². The Hall–Kier alpha value is -1.93. The monoisotopic (exact) mass is 313 g/mol. The van der Waals surface area contributed by atoms with Crippen molar-refractivity contribution in [1.82, 2.24) is 4.57 Å². The van der Waals surface area contributed by atoms with E-state index in [0.717, 1.165) is 32.8 Å². The van der Waals surface area contributed by atoms with Gasteiger partial charge in [-0.25, -0.2) is 0 Å². The normalized spacial score (nSPS) is 11.3. The molecule has 0 N–H and O–H groups in total. The number of nitrogens with zero attached hydrogens (tertiary/aromatic N) is 1. The van der Waals surface area contributed by atoms with Crippen LogP contribution in [0.1, 0.15) is 31.0 Å². The zero-order valence-electron chi connectivity index (χ0n) is 13.1. The van der Waals surface area contributed by atoms with Crippen molar-refractivity contribution in [2.75, 3.05) is 0 Å². The van der Waals surface area contributed by atoms with Gasteiger partial charge in [-0.1, -0.05) is 35.9 Å². The smallest absolute Gasteiger partial charge is 0.122 e. The van der Waals surface area contributed by atoms with Gasteiger partial charge in [0.2, 0.25) is 0 Å². The van der Waals surface area contributed by atoms with Crippen LogP contribution in [-0.4, -0.2) is 4.57 Å². The van der Waals surface area contributed by atoms with Gasteiger partial charge < -0.3 is 9.30 Å². The molecule has 0 radical (unpaired) electrons. The van der Waals surface area contributed by atoms with Crippen molar-refractivity contribution in [2.24, 2.45) is 0 Å². The Labute approximate surface area is 136 Å². The van der Waals surface area contributed by atoms with Crippen molar-refractivity contribution < 1.29 is 4.74 Å². The lowest BCUT2D eigenvalue weighted by molar-refractivity contribution is 0.305. The molecule has 0 aliphatic carbocycles. The molecule has 114 valence electrons. The Morgan fingerprint density at radius 2 is 1.86 bits per heavy atom. The first-order valence-electron chi connectivity index (χ1n) is 7.54. The highest BCUT2D eigenvalue weighted by atomic mass is 35.5. The first-order chi connectivity index (χ1) is 10.6. The lowest BCUT2D eigenvalue weighted by Crippen LogP contribution is -1.99. The van der Waals surface area contributed by atoms with Gasteiger partial charge in [0.25, 0.3) is 0 Å². The van der Waals surface area contributed by atoms with Crippen LogP contribution >= 0.6 is 11.6 Å². The van der Waals surface area contributed by atoms with Crippen LogP contribution in [0.25, 0.3) is 10.9 Å². The third-order valence-electron chi connectivity index (χ3n) is 3.92. The van der Waals surface area contributed by atoms with E-state index in [1.54, 1.807) is 0 Å². The molecule has 22 heavy (non-hydrogen) atoms. The summed E-state index contributed by atoms with van der Waals surface area (Å²) in [6.45, 7) is 6.92. The predicted molar refractivity (Wildman–Crippen MR) is 92.8 cm³/mol. The molecule has 0 saturated carbocycles. The molecular weight excluding hydrogens is 294 g/mol. The van der Waals surface area contributed by atoms with E-state index >= 15 is 0 Å². The van der Waals surface area contributed by atoms with E-state index < -0.39 is 0 Å². The summed E-state index contributed by atoms with van der Waals surface area (Å²) in [5.74, 6) is 0.917. The number of rotatable bonds is 4. The predicted octanol–water partition coefficient (Wildman–Crippen LogP) is 5.76. The maximum atomic E-state index is 6.42. The van der Waals surface area contributed by atoms with Gasteiger partial charge in [0.1, 0.15) is 12.4 Å². The minimum atomic E-state index is 0.383. The van der Waals surface area contributed by atoms with Gasteiger partial charge in [0.15, 0.2) is 0 Å². The second kappa shape index (κ2) is 6.05. The van der Waals surface area contributed by atoms with E-state index in [4.69, 9.17) is 16.3 Å². The molecule has 0 unspecified atom stereocenters. The molecule has 3 aromatic rings. The van der Waals surface area contributed by atoms with Gasteiger partial charge in [-0.2, -0.15) is 0 Å². The van der Waals surface area contributed by atoms with Gasteiger partial charge in [-0.3, -0.25) is 0 Å². The quantitative estimate of drug-likeness (QED) is 0.597. The molecule has 1 aromatic heterocycles. The summed E-state index contributed by atoms with van der Waals surface area (Å²) < 4.78 is 8.25. The van der Waals surface area contributed by atoms with Gasteiger partial charge in [-0.15, -0.1) is 0 Å². The first kappa shape index (κ1) is 15.0. The largest absolute Gasteiger partial charge is 0.489 e. The van der Waals surface area contributed by atoms with Gasteiger partial charge in [0, 0.05) is 23.2 Å². The molecule has 0 spiro atoms. The zero-order chi connectivity index (χ0) is 15.7. The van der Waals surface area contributed by atoms with E-state index in [0.29, 0.717) is 12.6 Å². The Kier molecular flexibility index (Phi) is 4.12. The van der Waals surface area contributed by atoms with Crippen molar-refractivity contribution in [1.29, 1.82) is 0 Å². The second-order valence-electron chi connectivity index (χ2n) is 5.84. The molecular formula is C19H20ClNO. The molecule has 3 heteroatoms. The SMILES string of the molecule is Cc1ccccc1OCc1cn(C(C)C)c2cccc(Cl)c12. The molecule has 2 nitrogen and oxygen atoms in total. The van der Waals surface area contributed by atoms with Crippen molar-refractivity contribution in [2.45, 2.75) is 33.4 Å². The fraction of sp³-hybridized carbons (Fsp3) is 0.263. The molecule has 3 rings (SSSR count). The van der Waals surface area contributed by atoms with Crippen LogP contribution < -0.4 is 4.74 Å². The van der Waals surface area contributed by atoms with Crippen LogP contribution in [0.5, 0.6) is 5.75 Å². The van der Waals surface area contributed by atoms with E-state index in [1.165, 1.54) is 0 Å². The van der Waals surface area contributed by atoms with Crippen LogP contribution in [0.3, 0.4) is 0 Å². The summed E-state index contributed by atoms with van der Waals surface area (Å²) in [5, 5.41) is 1.87. The number of fused-ring (bicyclic) bond motifs is 1. The van der Waals surface area contributed by atoms with Crippen LogP contribution in [0.15, 0.2) is 48.7 Å². The molecule has 0 saturated heterocycles. The van der Waals surface area contributed by atoms with Crippen LogP contribution in [0, 0.1) is 6.92 Å². The third-order valence-corrected chi connectivity index (χ3v) is 4.23. The number of para-hydroxylation sites is 1. The standard InChI is InChI=1S/C19H20ClNO/c1-13(2)21-11-15(19-16(20)8-6-9-17(19)21)12-22-18-10-5-4-7-14(18)3/h4-11,13H,12H2,1-3H3. The lowest BCUT2D eigenvalue weighted by Gasteiger charge is -2.09. The summed E-state index contributed by atoms with van der Waals surface area (Å²) in [5.41, 5.74) is 3.42. The van der Waals surface area contributed by atoms with Crippen LogP contribution in [0.2, 0.25) is 5.02 Å². The minimum Gasteiger partial charge on any atom is -0.489 e. The molecule has 0 aliphatic rings. The summed E-state index contributed by atoms with van der Waals surface area (Å²) in [4.78, 5) is 0. The molecule has 0 atom stereocenters. The molecule has 0 aliphatic heterocycles. The van der Waals surface area contributed by atoms with Crippen LogP contribution in [0.4, 0.5) is 0 Å².